The summed E-state index contributed by atoms with van der Waals surface area (Å²) in [5.74, 6) is 0. The van der Waals surface area contributed by atoms with E-state index < -0.39 is 6.10 Å². The van der Waals surface area contributed by atoms with E-state index in [1.54, 1.807) is 0 Å². The molecule has 2 N–H and O–H groups in total. The van der Waals surface area contributed by atoms with Gasteiger partial charge in [-0.1, -0.05) is 56.1 Å². The van der Waals surface area contributed by atoms with E-state index in [-0.39, 0.29) is 6.04 Å². The van der Waals surface area contributed by atoms with Crippen molar-refractivity contribution in [3.63, 3.8) is 0 Å². The van der Waals surface area contributed by atoms with E-state index in [4.69, 9.17) is 0 Å². The third-order valence-corrected chi connectivity index (χ3v) is 4.19. The van der Waals surface area contributed by atoms with E-state index in [1.807, 2.05) is 36.4 Å². The van der Waals surface area contributed by atoms with Crippen LogP contribution < -0.4 is 5.32 Å². The molecule has 0 aliphatic rings. The topological polar surface area (TPSA) is 32.3 Å². The number of benzene rings is 2. The highest BCUT2D eigenvalue weighted by atomic mass is 79.9. The molecule has 0 fully saturated rings. The Bertz CT molecular complexity index is 522. The fourth-order valence-electron chi connectivity index (χ4n) is 2.01. The van der Waals surface area contributed by atoms with Crippen LogP contribution in [0.2, 0.25) is 0 Å². The molecule has 1 unspecified atom stereocenters. The summed E-state index contributed by atoms with van der Waals surface area (Å²) in [6.45, 7) is 2.61. The first-order valence-corrected chi connectivity index (χ1v) is 8.07. The highest BCUT2D eigenvalue weighted by Gasteiger charge is 2.11. The van der Waals surface area contributed by atoms with Gasteiger partial charge in [0.1, 0.15) is 0 Å². The van der Waals surface area contributed by atoms with Crippen molar-refractivity contribution < 1.29 is 5.11 Å². The molecule has 106 valence electrons. The molecule has 0 aliphatic carbocycles. The highest BCUT2D eigenvalue weighted by molar-refractivity contribution is 9.10. The van der Waals surface area contributed by atoms with Crippen LogP contribution in [-0.2, 0) is 0 Å². The Morgan fingerprint density at radius 3 is 2.15 bits per heavy atom. The second kappa shape index (κ2) is 7.36. The van der Waals surface area contributed by atoms with Crippen molar-refractivity contribution in [1.29, 1.82) is 0 Å². The van der Waals surface area contributed by atoms with Gasteiger partial charge < -0.3 is 10.4 Å². The average Bonchev–Trinajstić information content (AvgIpc) is 2.44. The molecule has 2 rings (SSSR count). The van der Waals surface area contributed by atoms with E-state index >= 15 is 0 Å². The number of hydrogen-bond acceptors (Lipinski definition) is 2. The first-order chi connectivity index (χ1) is 9.56. The Labute approximate surface area is 136 Å². The molecule has 0 amide bonds. The highest BCUT2D eigenvalue weighted by Crippen LogP contribution is 2.20. The van der Waals surface area contributed by atoms with E-state index in [0.717, 1.165) is 14.5 Å². The second-order valence-corrected chi connectivity index (χ2v) is 6.59. The van der Waals surface area contributed by atoms with Crippen LogP contribution in [0.4, 0.5) is 0 Å². The Morgan fingerprint density at radius 2 is 1.55 bits per heavy atom. The van der Waals surface area contributed by atoms with Gasteiger partial charge in [-0.05, 0) is 42.3 Å². The number of rotatable bonds is 5. The van der Waals surface area contributed by atoms with Crippen LogP contribution >= 0.6 is 31.9 Å². The summed E-state index contributed by atoms with van der Waals surface area (Å²) >= 11 is 6.89. The van der Waals surface area contributed by atoms with Crippen LogP contribution in [0.1, 0.15) is 30.2 Å². The van der Waals surface area contributed by atoms with Crippen LogP contribution in [0.5, 0.6) is 0 Å². The third-order valence-electron chi connectivity index (χ3n) is 3.20. The lowest BCUT2D eigenvalue weighted by atomic mass is 10.1. The lowest BCUT2D eigenvalue weighted by Crippen LogP contribution is -2.24. The maximum Gasteiger partial charge on any atom is 0.0914 e. The van der Waals surface area contributed by atoms with Gasteiger partial charge in [0.05, 0.1) is 6.10 Å². The summed E-state index contributed by atoms with van der Waals surface area (Å²) < 4.78 is 2.05. The van der Waals surface area contributed by atoms with Crippen LogP contribution in [0.25, 0.3) is 0 Å². The van der Waals surface area contributed by atoms with Gasteiger partial charge >= 0.3 is 0 Å². The third kappa shape index (κ3) is 4.42. The molecule has 0 radical (unpaired) electrons. The molecule has 0 heterocycles. The summed E-state index contributed by atoms with van der Waals surface area (Å²) in [7, 11) is 0. The van der Waals surface area contributed by atoms with E-state index in [1.165, 1.54) is 5.56 Å². The SMILES string of the molecule is C[C@H](NCC(O)c1cccc(Br)c1)c1cccc(Br)c1. The van der Waals surface area contributed by atoms with Gasteiger partial charge in [-0.15, -0.1) is 0 Å². The maximum atomic E-state index is 10.2. The summed E-state index contributed by atoms with van der Waals surface area (Å²) in [6, 6.07) is 16.1. The predicted molar refractivity (Wildman–Crippen MR) is 89.7 cm³/mol. The van der Waals surface area contributed by atoms with E-state index in [0.29, 0.717) is 6.54 Å². The Kier molecular flexibility index (Phi) is 5.78. The zero-order chi connectivity index (χ0) is 14.5. The number of hydrogen-bond donors (Lipinski definition) is 2. The minimum Gasteiger partial charge on any atom is -0.387 e. The summed E-state index contributed by atoms with van der Waals surface area (Å²) in [6.07, 6.45) is -0.512. The zero-order valence-corrected chi connectivity index (χ0v) is 14.4. The molecule has 2 aromatic rings. The quantitative estimate of drug-likeness (QED) is 0.771. The van der Waals surface area contributed by atoms with Crippen molar-refractivity contribution >= 4 is 31.9 Å². The number of halogens is 2. The minimum atomic E-state index is -0.512. The predicted octanol–water partition coefficient (Wildman–Crippen LogP) is 4.60. The largest absolute Gasteiger partial charge is 0.387 e. The molecule has 2 atom stereocenters. The van der Waals surface area contributed by atoms with Gasteiger partial charge in [-0.3, -0.25) is 0 Å². The molecule has 2 nitrogen and oxygen atoms in total. The summed E-state index contributed by atoms with van der Waals surface area (Å²) in [5.41, 5.74) is 2.11. The van der Waals surface area contributed by atoms with Gasteiger partial charge in [0.2, 0.25) is 0 Å². The summed E-state index contributed by atoms with van der Waals surface area (Å²) in [5, 5.41) is 13.6. The normalized spacial score (nSPS) is 14.0. The monoisotopic (exact) mass is 397 g/mol. The molecule has 0 spiro atoms. The maximum absolute atomic E-state index is 10.2. The molecular formula is C16H17Br2NO. The van der Waals surface area contributed by atoms with Crippen LogP contribution in [0, 0.1) is 0 Å². The van der Waals surface area contributed by atoms with Crippen molar-refractivity contribution in [2.45, 2.75) is 19.1 Å². The standard InChI is InChI=1S/C16H17Br2NO/c1-11(12-4-2-6-14(17)8-12)19-10-16(20)13-5-3-7-15(18)9-13/h2-9,11,16,19-20H,10H2,1H3/t11-,16?/m0/s1. The van der Waals surface area contributed by atoms with Crippen LogP contribution in [0.15, 0.2) is 57.5 Å². The molecule has 0 saturated carbocycles. The van der Waals surface area contributed by atoms with Crippen molar-refractivity contribution in [2.75, 3.05) is 6.54 Å². The molecule has 2 aromatic carbocycles. The summed E-state index contributed by atoms with van der Waals surface area (Å²) in [4.78, 5) is 0. The van der Waals surface area contributed by atoms with Gasteiger partial charge in [-0.25, -0.2) is 0 Å². The van der Waals surface area contributed by atoms with Crippen molar-refractivity contribution in [1.82, 2.24) is 5.32 Å². The van der Waals surface area contributed by atoms with Gasteiger partial charge in [0.15, 0.2) is 0 Å². The Balaban J connectivity index is 1.94. The molecule has 0 aliphatic heterocycles. The molecule has 4 heteroatoms. The minimum absolute atomic E-state index is 0.189. The number of aliphatic hydroxyl groups is 1. The van der Waals surface area contributed by atoms with E-state index in [2.05, 4.69) is 56.2 Å². The molecular weight excluding hydrogens is 382 g/mol. The first kappa shape index (κ1) is 15.7. The Hall–Kier alpha value is -0.680. The molecule has 0 saturated heterocycles. The van der Waals surface area contributed by atoms with Crippen molar-refractivity contribution in [2.24, 2.45) is 0 Å². The van der Waals surface area contributed by atoms with Gasteiger partial charge in [0.25, 0.3) is 0 Å². The van der Waals surface area contributed by atoms with Crippen LogP contribution in [0.3, 0.4) is 0 Å². The average molecular weight is 399 g/mol. The fraction of sp³-hybridized carbons (Fsp3) is 0.250. The number of nitrogens with one attached hydrogen (secondary N) is 1. The fourth-order valence-corrected chi connectivity index (χ4v) is 2.85. The van der Waals surface area contributed by atoms with E-state index in [9.17, 15) is 5.11 Å². The molecule has 0 bridgehead atoms. The van der Waals surface area contributed by atoms with Gasteiger partial charge in [0, 0.05) is 21.5 Å². The molecule has 0 aromatic heterocycles. The number of aliphatic hydroxyl groups excluding tert-OH is 1. The Morgan fingerprint density at radius 1 is 1.00 bits per heavy atom. The zero-order valence-electron chi connectivity index (χ0n) is 11.2. The lowest BCUT2D eigenvalue weighted by Gasteiger charge is -2.18. The van der Waals surface area contributed by atoms with Crippen molar-refractivity contribution in [3.05, 3.63) is 68.6 Å². The van der Waals surface area contributed by atoms with Crippen molar-refractivity contribution in [3.8, 4) is 0 Å². The second-order valence-electron chi connectivity index (χ2n) is 4.76. The first-order valence-electron chi connectivity index (χ1n) is 6.48. The molecule has 20 heavy (non-hydrogen) atoms. The lowest BCUT2D eigenvalue weighted by molar-refractivity contribution is 0.170. The smallest absolute Gasteiger partial charge is 0.0914 e. The van der Waals surface area contributed by atoms with Crippen LogP contribution in [-0.4, -0.2) is 11.7 Å². The van der Waals surface area contributed by atoms with Gasteiger partial charge in [-0.2, -0.15) is 0 Å².